The van der Waals surface area contributed by atoms with Crippen molar-refractivity contribution in [1.82, 2.24) is 15.2 Å². The van der Waals surface area contributed by atoms with Crippen LogP contribution in [0.5, 0.6) is 0 Å². The molecule has 3 rings (SSSR count). The summed E-state index contributed by atoms with van der Waals surface area (Å²) in [5.41, 5.74) is 2.65. The molecule has 2 aromatic rings. The molecule has 1 N–H and O–H groups in total. The van der Waals surface area contributed by atoms with Gasteiger partial charge in [0.1, 0.15) is 11.5 Å². The molecule has 1 saturated heterocycles. The van der Waals surface area contributed by atoms with Crippen molar-refractivity contribution in [3.05, 3.63) is 41.3 Å². The second kappa shape index (κ2) is 11.0. The Balaban J connectivity index is 1.41. The van der Waals surface area contributed by atoms with Crippen LogP contribution in [0.1, 0.15) is 43.7 Å². The van der Waals surface area contributed by atoms with Crippen molar-refractivity contribution in [2.24, 2.45) is 11.8 Å². The number of hydrogen-bond donors (Lipinski definition) is 1. The number of likely N-dealkylation sites (tertiary alicyclic amines) is 1. The van der Waals surface area contributed by atoms with E-state index in [9.17, 15) is 9.00 Å². The zero-order valence-corrected chi connectivity index (χ0v) is 20.0. The minimum atomic E-state index is -1.32. The summed E-state index contributed by atoms with van der Waals surface area (Å²) in [6.45, 7) is 12.3. The number of carbonyl (C=O) groups excluding carboxylic acids is 1. The van der Waals surface area contributed by atoms with Gasteiger partial charge in [-0.1, -0.05) is 32.0 Å². The number of carbonyl (C=O) groups is 1. The highest BCUT2D eigenvalue weighted by atomic mass is 32.2. The van der Waals surface area contributed by atoms with Crippen LogP contribution in [0, 0.1) is 25.7 Å². The molecule has 0 spiro atoms. The van der Waals surface area contributed by atoms with Crippen LogP contribution >= 0.6 is 0 Å². The van der Waals surface area contributed by atoms with Gasteiger partial charge in [-0.15, -0.1) is 0 Å². The Labute approximate surface area is 188 Å². The number of nitrogens with one attached hydrogen (secondary N) is 1. The van der Waals surface area contributed by atoms with Crippen molar-refractivity contribution in [3.63, 3.8) is 0 Å². The lowest BCUT2D eigenvalue weighted by atomic mass is 9.92. The van der Waals surface area contributed by atoms with E-state index in [4.69, 9.17) is 4.42 Å². The Morgan fingerprint density at radius 1 is 1.23 bits per heavy atom. The summed E-state index contributed by atoms with van der Waals surface area (Å²) in [5.74, 6) is 2.71. The molecule has 170 valence electrons. The first-order valence-electron chi connectivity index (χ1n) is 11.2. The summed E-state index contributed by atoms with van der Waals surface area (Å²) in [4.78, 5) is 19.2. The number of oxazole rings is 1. The number of amides is 1. The maximum atomic E-state index is 12.5. The fraction of sp³-hybridized carbons (Fsp3) is 0.583. The SMILES string of the molecule is Cc1ccccc1-c1nc(CS(=O)CC(=O)NCCCN2CC(C)CC(C)C2)c(C)o1. The molecular formula is C24H35N3O3S. The molecule has 1 fully saturated rings. The van der Waals surface area contributed by atoms with Gasteiger partial charge in [0.25, 0.3) is 0 Å². The van der Waals surface area contributed by atoms with Crippen LogP contribution in [0.25, 0.3) is 11.5 Å². The standard InChI is InChI=1S/C24H35N3O3S/c1-17-12-18(2)14-27(13-17)11-7-10-25-23(28)16-31(29)15-22-20(4)30-24(26-22)21-9-6-5-8-19(21)3/h5-6,8-9,17-18H,7,10-16H2,1-4H3,(H,25,28). The minimum Gasteiger partial charge on any atom is -0.441 e. The van der Waals surface area contributed by atoms with E-state index >= 15 is 0 Å². The smallest absolute Gasteiger partial charge is 0.232 e. The Kier molecular flexibility index (Phi) is 8.43. The second-order valence-electron chi connectivity index (χ2n) is 8.97. The fourth-order valence-electron chi connectivity index (χ4n) is 4.40. The van der Waals surface area contributed by atoms with Gasteiger partial charge in [0.2, 0.25) is 11.8 Å². The maximum absolute atomic E-state index is 12.5. The van der Waals surface area contributed by atoms with Gasteiger partial charge in [-0.3, -0.25) is 9.00 Å². The summed E-state index contributed by atoms with van der Waals surface area (Å²) in [5, 5.41) is 2.91. The first kappa shape index (κ1) is 23.7. The van der Waals surface area contributed by atoms with Gasteiger partial charge < -0.3 is 14.6 Å². The molecule has 0 saturated carbocycles. The molecule has 6 nitrogen and oxygen atoms in total. The van der Waals surface area contributed by atoms with Crippen LogP contribution in [-0.2, 0) is 21.3 Å². The van der Waals surface area contributed by atoms with Gasteiger partial charge >= 0.3 is 0 Å². The molecule has 3 unspecified atom stereocenters. The normalized spacial score (nSPS) is 20.5. The van der Waals surface area contributed by atoms with E-state index in [2.05, 4.69) is 29.0 Å². The summed E-state index contributed by atoms with van der Waals surface area (Å²) < 4.78 is 18.3. The first-order chi connectivity index (χ1) is 14.8. The molecule has 2 heterocycles. The summed E-state index contributed by atoms with van der Waals surface area (Å²) in [6, 6.07) is 7.87. The lowest BCUT2D eigenvalue weighted by molar-refractivity contribution is -0.118. The van der Waals surface area contributed by atoms with Gasteiger partial charge in [-0.25, -0.2) is 4.98 Å². The van der Waals surface area contributed by atoms with Crippen LogP contribution in [-0.4, -0.2) is 51.9 Å². The lowest BCUT2D eigenvalue weighted by Crippen LogP contribution is -2.40. The van der Waals surface area contributed by atoms with Crippen molar-refractivity contribution < 1.29 is 13.4 Å². The first-order valence-corrected chi connectivity index (χ1v) is 12.7. The zero-order valence-electron chi connectivity index (χ0n) is 19.1. The second-order valence-corrected chi connectivity index (χ2v) is 10.4. The number of piperidine rings is 1. The molecule has 31 heavy (non-hydrogen) atoms. The lowest BCUT2D eigenvalue weighted by Gasteiger charge is -2.34. The molecule has 1 aliphatic rings. The number of aryl methyl sites for hydroxylation is 2. The molecule has 1 aromatic heterocycles. The third-order valence-corrected chi connectivity index (χ3v) is 6.96. The topological polar surface area (TPSA) is 75.4 Å². The van der Waals surface area contributed by atoms with E-state index in [0.717, 1.165) is 49.0 Å². The predicted octanol–water partition coefficient (Wildman–Crippen LogP) is 3.69. The van der Waals surface area contributed by atoms with E-state index in [-0.39, 0.29) is 17.4 Å². The van der Waals surface area contributed by atoms with Crippen LogP contribution in [0.2, 0.25) is 0 Å². The molecule has 0 radical (unpaired) electrons. The minimum absolute atomic E-state index is 0.0101. The Hall–Kier alpha value is -1.99. The van der Waals surface area contributed by atoms with E-state index in [1.165, 1.54) is 6.42 Å². The number of benzene rings is 1. The molecule has 7 heteroatoms. The van der Waals surface area contributed by atoms with Gasteiger partial charge in [0.15, 0.2) is 0 Å². The molecule has 0 bridgehead atoms. The molecule has 0 aliphatic carbocycles. The molecule has 3 atom stereocenters. The Morgan fingerprint density at radius 3 is 2.65 bits per heavy atom. The van der Waals surface area contributed by atoms with Crippen LogP contribution in [0.3, 0.4) is 0 Å². The maximum Gasteiger partial charge on any atom is 0.232 e. The average molecular weight is 446 g/mol. The van der Waals surface area contributed by atoms with Crippen molar-refractivity contribution in [3.8, 4) is 11.5 Å². The monoisotopic (exact) mass is 445 g/mol. The van der Waals surface area contributed by atoms with E-state index in [0.29, 0.717) is 23.9 Å². The van der Waals surface area contributed by atoms with Crippen molar-refractivity contribution in [1.29, 1.82) is 0 Å². The van der Waals surface area contributed by atoms with Crippen LogP contribution in [0.4, 0.5) is 0 Å². The highest BCUT2D eigenvalue weighted by Crippen LogP contribution is 2.25. The number of nitrogens with zero attached hydrogens (tertiary/aromatic N) is 2. The predicted molar refractivity (Wildman–Crippen MR) is 125 cm³/mol. The van der Waals surface area contributed by atoms with Gasteiger partial charge in [-0.2, -0.15) is 0 Å². The molecule has 1 amide bonds. The summed E-state index contributed by atoms with van der Waals surface area (Å²) >= 11 is 0. The summed E-state index contributed by atoms with van der Waals surface area (Å²) in [7, 11) is -1.32. The number of hydrogen-bond acceptors (Lipinski definition) is 5. The third-order valence-electron chi connectivity index (χ3n) is 5.78. The highest BCUT2D eigenvalue weighted by molar-refractivity contribution is 7.84. The zero-order chi connectivity index (χ0) is 22.4. The van der Waals surface area contributed by atoms with Gasteiger partial charge in [0, 0.05) is 36.0 Å². The van der Waals surface area contributed by atoms with E-state index < -0.39 is 10.8 Å². The van der Waals surface area contributed by atoms with E-state index in [1.54, 1.807) is 0 Å². The van der Waals surface area contributed by atoms with Crippen LogP contribution < -0.4 is 5.32 Å². The largest absolute Gasteiger partial charge is 0.441 e. The third kappa shape index (κ3) is 7.01. The average Bonchev–Trinajstić information content (AvgIpc) is 3.05. The van der Waals surface area contributed by atoms with Crippen molar-refractivity contribution in [2.45, 2.75) is 46.3 Å². The van der Waals surface area contributed by atoms with Crippen LogP contribution in [0.15, 0.2) is 28.7 Å². The van der Waals surface area contributed by atoms with Crippen molar-refractivity contribution in [2.75, 3.05) is 31.9 Å². The Morgan fingerprint density at radius 2 is 1.94 bits per heavy atom. The highest BCUT2D eigenvalue weighted by Gasteiger charge is 2.21. The van der Waals surface area contributed by atoms with E-state index in [1.807, 2.05) is 38.1 Å². The quantitative estimate of drug-likeness (QED) is 0.596. The molecular weight excluding hydrogens is 410 g/mol. The molecule has 1 aromatic carbocycles. The molecule has 1 aliphatic heterocycles. The van der Waals surface area contributed by atoms with Gasteiger partial charge in [-0.05, 0) is 56.7 Å². The summed E-state index contributed by atoms with van der Waals surface area (Å²) in [6.07, 6.45) is 2.22. The fourth-order valence-corrected chi connectivity index (χ4v) is 5.47. The Bertz CT molecular complexity index is 901. The number of aromatic nitrogens is 1. The number of rotatable bonds is 9. The van der Waals surface area contributed by atoms with Gasteiger partial charge in [0.05, 0.1) is 11.4 Å². The van der Waals surface area contributed by atoms with Crippen molar-refractivity contribution >= 4 is 16.7 Å².